The summed E-state index contributed by atoms with van der Waals surface area (Å²) in [6.07, 6.45) is 0.469. The van der Waals surface area contributed by atoms with Crippen molar-refractivity contribution in [2.75, 3.05) is 13.2 Å². The van der Waals surface area contributed by atoms with Gasteiger partial charge in [0, 0.05) is 18.5 Å². The van der Waals surface area contributed by atoms with Crippen LogP contribution in [-0.2, 0) is 14.3 Å². The standard InChI is InChI=1S/C28H32N2O5/c1-16(2)24(25(31)30-14-18-12-28(30,13-18)26(32)33)17(3)29-27(34)35-15-23-21-10-6-4-8-19(21)20-9-5-7-11-22(20)23/h4-11,16-18,23-24H,12-15H2,1-3H3,(H,29,34)(H,32,33). The Morgan fingerprint density at radius 2 is 1.60 bits per heavy atom. The van der Waals surface area contributed by atoms with Gasteiger partial charge in [-0.3, -0.25) is 4.79 Å². The number of fused-ring (bicyclic) bond motifs is 4. The summed E-state index contributed by atoms with van der Waals surface area (Å²) in [7, 11) is 0. The maximum absolute atomic E-state index is 13.5. The zero-order chi connectivity index (χ0) is 24.9. The summed E-state index contributed by atoms with van der Waals surface area (Å²) in [6, 6.07) is 15.8. The number of ether oxygens (including phenoxy) is 1. The van der Waals surface area contributed by atoms with Crippen molar-refractivity contribution >= 4 is 18.0 Å². The van der Waals surface area contributed by atoms with E-state index in [1.807, 2.05) is 38.1 Å². The lowest BCUT2D eigenvalue weighted by atomic mass is 9.73. The Morgan fingerprint density at radius 1 is 1.03 bits per heavy atom. The molecule has 2 aliphatic heterocycles. The minimum atomic E-state index is -1.07. The van der Waals surface area contributed by atoms with Crippen LogP contribution >= 0.6 is 0 Å². The third-order valence-corrected chi connectivity index (χ3v) is 8.11. The third-order valence-electron chi connectivity index (χ3n) is 8.11. The van der Waals surface area contributed by atoms with E-state index in [9.17, 15) is 19.5 Å². The number of alkyl carbamates (subject to hydrolysis) is 1. The van der Waals surface area contributed by atoms with Gasteiger partial charge in [-0.2, -0.15) is 0 Å². The van der Waals surface area contributed by atoms with E-state index >= 15 is 0 Å². The SMILES string of the molecule is CC(C)C(C(=O)N1CC2CC1(C(=O)O)C2)C(C)NC(=O)OCC1c2ccccc2-c2ccccc21. The molecule has 2 amide bonds. The van der Waals surface area contributed by atoms with Crippen LogP contribution in [0.4, 0.5) is 4.79 Å². The highest BCUT2D eigenvalue weighted by atomic mass is 16.5. The average Bonchev–Trinajstić information content (AvgIpc) is 3.46. The Balaban J connectivity index is 1.25. The summed E-state index contributed by atoms with van der Waals surface area (Å²) in [4.78, 5) is 39.7. The van der Waals surface area contributed by atoms with Crippen molar-refractivity contribution in [2.45, 2.75) is 51.1 Å². The van der Waals surface area contributed by atoms with Crippen LogP contribution in [0.3, 0.4) is 0 Å². The zero-order valence-corrected chi connectivity index (χ0v) is 20.4. The highest BCUT2D eigenvalue weighted by Gasteiger charge is 2.63. The number of amides is 2. The highest BCUT2D eigenvalue weighted by Crippen LogP contribution is 2.51. The number of nitrogens with one attached hydrogen (secondary N) is 1. The smallest absolute Gasteiger partial charge is 0.407 e. The van der Waals surface area contributed by atoms with Crippen LogP contribution in [0.2, 0.25) is 0 Å². The second kappa shape index (κ2) is 8.70. The van der Waals surface area contributed by atoms with Crippen molar-refractivity contribution in [1.82, 2.24) is 10.2 Å². The molecule has 2 aromatic rings. The summed E-state index contributed by atoms with van der Waals surface area (Å²) in [5, 5.41) is 12.6. The minimum Gasteiger partial charge on any atom is -0.479 e. The van der Waals surface area contributed by atoms with E-state index in [0.717, 1.165) is 22.3 Å². The van der Waals surface area contributed by atoms with E-state index in [1.54, 1.807) is 11.8 Å². The molecule has 2 unspecified atom stereocenters. The lowest BCUT2D eigenvalue weighted by molar-refractivity contribution is -0.160. The highest BCUT2D eigenvalue weighted by molar-refractivity contribution is 5.91. The molecule has 0 aromatic heterocycles. The van der Waals surface area contributed by atoms with Gasteiger partial charge in [0.15, 0.2) is 0 Å². The van der Waals surface area contributed by atoms with E-state index in [4.69, 9.17) is 4.74 Å². The number of rotatable bonds is 7. The molecule has 4 aliphatic rings. The summed E-state index contributed by atoms with van der Waals surface area (Å²) in [5.74, 6) is -1.53. The molecule has 7 nitrogen and oxygen atoms in total. The lowest BCUT2D eigenvalue weighted by Gasteiger charge is -2.40. The number of aliphatic carboxylic acids is 1. The molecule has 2 N–H and O–H groups in total. The number of carbonyl (C=O) groups is 3. The molecular formula is C28H32N2O5. The molecule has 2 atom stereocenters. The molecule has 3 fully saturated rings. The zero-order valence-electron chi connectivity index (χ0n) is 20.4. The Bertz CT molecular complexity index is 1120. The topological polar surface area (TPSA) is 95.9 Å². The Hall–Kier alpha value is -3.35. The molecule has 6 rings (SSSR count). The van der Waals surface area contributed by atoms with Gasteiger partial charge in [0.1, 0.15) is 12.1 Å². The van der Waals surface area contributed by atoms with Crippen molar-refractivity contribution in [1.29, 1.82) is 0 Å². The first kappa shape index (κ1) is 23.4. The number of carboxylic acid groups (broad SMARTS) is 1. The number of nitrogens with zero attached hydrogens (tertiary/aromatic N) is 1. The molecule has 0 spiro atoms. The molecule has 7 heteroatoms. The first-order valence-corrected chi connectivity index (χ1v) is 12.4. The second-order valence-corrected chi connectivity index (χ2v) is 10.6. The summed E-state index contributed by atoms with van der Waals surface area (Å²) < 4.78 is 5.66. The van der Waals surface area contributed by atoms with Gasteiger partial charge in [-0.1, -0.05) is 62.4 Å². The van der Waals surface area contributed by atoms with Crippen LogP contribution < -0.4 is 5.32 Å². The van der Waals surface area contributed by atoms with Crippen LogP contribution in [0.1, 0.15) is 50.7 Å². The van der Waals surface area contributed by atoms with Gasteiger partial charge >= 0.3 is 12.1 Å². The van der Waals surface area contributed by atoms with Gasteiger partial charge in [-0.15, -0.1) is 0 Å². The van der Waals surface area contributed by atoms with Crippen molar-refractivity contribution < 1.29 is 24.2 Å². The van der Waals surface area contributed by atoms with E-state index in [0.29, 0.717) is 19.4 Å². The van der Waals surface area contributed by atoms with Crippen LogP contribution in [0.5, 0.6) is 0 Å². The Morgan fingerprint density at radius 3 is 2.14 bits per heavy atom. The number of hydrogen-bond acceptors (Lipinski definition) is 4. The molecule has 2 saturated heterocycles. The molecule has 2 heterocycles. The molecule has 2 aromatic carbocycles. The van der Waals surface area contributed by atoms with Gasteiger partial charge in [0.25, 0.3) is 0 Å². The number of carbonyl (C=O) groups excluding carboxylic acids is 2. The fourth-order valence-electron chi connectivity index (χ4n) is 6.44. The fourth-order valence-corrected chi connectivity index (χ4v) is 6.44. The largest absolute Gasteiger partial charge is 0.479 e. The number of benzene rings is 2. The third kappa shape index (κ3) is 3.77. The molecule has 35 heavy (non-hydrogen) atoms. The van der Waals surface area contributed by atoms with Crippen molar-refractivity contribution in [3.8, 4) is 11.1 Å². The van der Waals surface area contributed by atoms with Crippen LogP contribution in [0, 0.1) is 17.8 Å². The monoisotopic (exact) mass is 476 g/mol. The summed E-state index contributed by atoms with van der Waals surface area (Å²) in [6.45, 7) is 6.31. The van der Waals surface area contributed by atoms with E-state index in [2.05, 4.69) is 29.6 Å². The molecular weight excluding hydrogens is 444 g/mol. The fraction of sp³-hybridized carbons (Fsp3) is 0.464. The van der Waals surface area contributed by atoms with Crippen molar-refractivity contribution in [3.05, 3.63) is 59.7 Å². The first-order chi connectivity index (χ1) is 16.7. The number of hydrogen-bond donors (Lipinski definition) is 2. The second-order valence-electron chi connectivity index (χ2n) is 10.6. The number of carboxylic acids is 1. The van der Waals surface area contributed by atoms with Gasteiger partial charge < -0.3 is 20.1 Å². The first-order valence-electron chi connectivity index (χ1n) is 12.4. The molecule has 0 radical (unpaired) electrons. The molecule has 2 aliphatic carbocycles. The van der Waals surface area contributed by atoms with Gasteiger partial charge in [-0.25, -0.2) is 9.59 Å². The van der Waals surface area contributed by atoms with E-state index in [1.165, 1.54) is 0 Å². The summed E-state index contributed by atoms with van der Waals surface area (Å²) in [5.41, 5.74) is 3.52. The minimum absolute atomic E-state index is 0.0437. The summed E-state index contributed by atoms with van der Waals surface area (Å²) >= 11 is 0. The van der Waals surface area contributed by atoms with Gasteiger partial charge in [0.2, 0.25) is 5.91 Å². The predicted molar refractivity (Wildman–Crippen MR) is 131 cm³/mol. The average molecular weight is 477 g/mol. The van der Waals surface area contributed by atoms with Crippen LogP contribution in [0.25, 0.3) is 11.1 Å². The quantitative estimate of drug-likeness (QED) is 0.623. The Kier molecular flexibility index (Phi) is 5.82. The maximum atomic E-state index is 13.5. The van der Waals surface area contributed by atoms with Gasteiger partial charge in [-0.05, 0) is 53.9 Å². The van der Waals surface area contributed by atoms with Crippen molar-refractivity contribution in [2.24, 2.45) is 17.8 Å². The molecule has 184 valence electrons. The lowest BCUT2D eigenvalue weighted by Crippen LogP contribution is -2.58. The van der Waals surface area contributed by atoms with Gasteiger partial charge in [0.05, 0.1) is 5.92 Å². The predicted octanol–water partition coefficient (Wildman–Crippen LogP) is 4.26. The van der Waals surface area contributed by atoms with E-state index in [-0.39, 0.29) is 30.3 Å². The molecule has 2 bridgehead atoms. The van der Waals surface area contributed by atoms with Crippen LogP contribution in [-0.4, -0.2) is 52.7 Å². The van der Waals surface area contributed by atoms with E-state index < -0.39 is 29.6 Å². The van der Waals surface area contributed by atoms with Crippen molar-refractivity contribution in [3.63, 3.8) is 0 Å². The molecule has 1 saturated carbocycles. The Labute approximate surface area is 205 Å². The normalized spacial score (nSPS) is 23.8. The maximum Gasteiger partial charge on any atom is 0.407 e. The van der Waals surface area contributed by atoms with Crippen LogP contribution in [0.15, 0.2) is 48.5 Å².